The van der Waals surface area contributed by atoms with E-state index in [1.165, 1.54) is 19.2 Å². The number of carbonyl (C=O) groups excluding carboxylic acids is 2. The number of para-hydroxylation sites is 1. The van der Waals surface area contributed by atoms with Gasteiger partial charge in [-0.3, -0.25) is 9.59 Å². The van der Waals surface area contributed by atoms with E-state index < -0.39 is 12.1 Å². The lowest BCUT2D eigenvalue weighted by atomic mass is 9.94. The molecule has 0 spiro atoms. The molecule has 3 aromatic carbocycles. The average Bonchev–Trinajstić information content (AvgIpc) is 3.29. The van der Waals surface area contributed by atoms with E-state index in [-0.39, 0.29) is 30.5 Å². The minimum Gasteiger partial charge on any atom is -0.469 e. The third-order valence-corrected chi connectivity index (χ3v) is 6.61. The maximum Gasteiger partial charge on any atom is 0.308 e. The lowest BCUT2D eigenvalue weighted by Gasteiger charge is -2.19. The van der Waals surface area contributed by atoms with Gasteiger partial charge >= 0.3 is 5.97 Å². The highest BCUT2D eigenvalue weighted by molar-refractivity contribution is 6.12. The Kier molecular flexibility index (Phi) is 8.94. The fraction of sp³-hybridized carbons (Fsp3) is 0.250. The van der Waals surface area contributed by atoms with E-state index in [1.54, 1.807) is 12.1 Å². The second-order valence-electron chi connectivity index (χ2n) is 9.71. The fourth-order valence-electron chi connectivity index (χ4n) is 4.86. The molecule has 1 heterocycles. The number of amides is 1. The molecule has 0 aliphatic carbocycles. The molecule has 1 aromatic heterocycles. The quantitative estimate of drug-likeness (QED) is 0.226. The van der Waals surface area contributed by atoms with Crippen molar-refractivity contribution in [1.82, 2.24) is 4.57 Å². The van der Waals surface area contributed by atoms with Crippen molar-refractivity contribution in [3.05, 3.63) is 102 Å². The molecule has 1 unspecified atom stereocenters. The van der Waals surface area contributed by atoms with Crippen LogP contribution in [0.4, 0.5) is 10.1 Å². The summed E-state index contributed by atoms with van der Waals surface area (Å²) >= 11 is 0. The third-order valence-electron chi connectivity index (χ3n) is 6.61. The van der Waals surface area contributed by atoms with Crippen molar-refractivity contribution < 1.29 is 23.8 Å². The van der Waals surface area contributed by atoms with Crippen molar-refractivity contribution in [1.29, 1.82) is 0 Å². The summed E-state index contributed by atoms with van der Waals surface area (Å²) in [6, 6.07) is 25.1. The first kappa shape index (κ1) is 27.8. The van der Waals surface area contributed by atoms with Crippen LogP contribution >= 0.6 is 0 Å². The van der Waals surface area contributed by atoms with Gasteiger partial charge in [-0.1, -0.05) is 62.4 Å². The van der Waals surface area contributed by atoms with E-state index in [9.17, 15) is 19.1 Å². The summed E-state index contributed by atoms with van der Waals surface area (Å²) in [6.07, 6.45) is -0.804. The van der Waals surface area contributed by atoms with Gasteiger partial charge in [0.15, 0.2) is 0 Å². The second-order valence-corrected chi connectivity index (χ2v) is 9.71. The van der Waals surface area contributed by atoms with Crippen LogP contribution in [-0.4, -0.2) is 34.8 Å². The number of aliphatic hydroxyl groups is 1. The van der Waals surface area contributed by atoms with Crippen LogP contribution in [-0.2, 0) is 16.1 Å². The maximum absolute atomic E-state index is 14.0. The molecular weight excluding hydrogens is 495 g/mol. The van der Waals surface area contributed by atoms with Gasteiger partial charge in [0, 0.05) is 23.5 Å². The zero-order chi connectivity index (χ0) is 27.9. The Morgan fingerprint density at radius 2 is 1.54 bits per heavy atom. The summed E-state index contributed by atoms with van der Waals surface area (Å²) in [5.41, 5.74) is 5.01. The van der Waals surface area contributed by atoms with E-state index in [0.29, 0.717) is 17.8 Å². The highest BCUT2D eigenvalue weighted by Gasteiger charge is 2.30. The van der Waals surface area contributed by atoms with E-state index >= 15 is 0 Å². The number of nitrogens with one attached hydrogen (secondary N) is 1. The number of hydrogen-bond acceptors (Lipinski definition) is 4. The molecule has 4 rings (SSSR count). The summed E-state index contributed by atoms with van der Waals surface area (Å²) in [5.74, 6) is -1.19. The first-order valence-electron chi connectivity index (χ1n) is 13.0. The third kappa shape index (κ3) is 6.44. The SMILES string of the molecule is COC(=O)CC(O)CCn1c(-c2ccc(F)cc2)c(-c2ccccc2)c(C(=O)Nc2ccccc2)c1C(C)C. The van der Waals surface area contributed by atoms with Gasteiger partial charge < -0.3 is 19.7 Å². The number of carbonyl (C=O) groups is 2. The van der Waals surface area contributed by atoms with Crippen LogP contribution in [0.2, 0.25) is 0 Å². The number of anilines is 1. The molecule has 39 heavy (non-hydrogen) atoms. The van der Waals surface area contributed by atoms with E-state index in [2.05, 4.69) is 5.32 Å². The Bertz CT molecular complexity index is 1410. The number of ether oxygens (including phenoxy) is 1. The maximum atomic E-state index is 14.0. The molecule has 0 aliphatic rings. The molecule has 202 valence electrons. The first-order valence-corrected chi connectivity index (χ1v) is 13.0. The lowest BCUT2D eigenvalue weighted by Crippen LogP contribution is -2.19. The number of aliphatic hydroxyl groups excluding tert-OH is 1. The molecule has 2 N–H and O–H groups in total. The van der Waals surface area contributed by atoms with Crippen molar-refractivity contribution in [3.63, 3.8) is 0 Å². The highest BCUT2D eigenvalue weighted by Crippen LogP contribution is 2.42. The van der Waals surface area contributed by atoms with Crippen molar-refractivity contribution in [3.8, 4) is 22.4 Å². The minimum absolute atomic E-state index is 0.0732. The molecular formula is C32H33FN2O4. The van der Waals surface area contributed by atoms with Crippen LogP contribution in [0.1, 0.15) is 48.7 Å². The van der Waals surface area contributed by atoms with Crippen LogP contribution in [0.25, 0.3) is 22.4 Å². The molecule has 4 aromatic rings. The van der Waals surface area contributed by atoms with Gasteiger partial charge in [-0.25, -0.2) is 4.39 Å². The van der Waals surface area contributed by atoms with Gasteiger partial charge in [-0.15, -0.1) is 0 Å². The molecule has 0 saturated heterocycles. The lowest BCUT2D eigenvalue weighted by molar-refractivity contribution is -0.142. The molecule has 0 fully saturated rings. The predicted molar refractivity (Wildman–Crippen MR) is 151 cm³/mol. The zero-order valence-electron chi connectivity index (χ0n) is 22.4. The summed E-state index contributed by atoms with van der Waals surface area (Å²) in [7, 11) is 1.29. The molecule has 0 radical (unpaired) electrons. The Morgan fingerprint density at radius 1 is 0.923 bits per heavy atom. The summed E-state index contributed by atoms with van der Waals surface area (Å²) < 4.78 is 20.7. The summed E-state index contributed by atoms with van der Waals surface area (Å²) in [5, 5.41) is 13.6. The number of benzene rings is 3. The van der Waals surface area contributed by atoms with Crippen LogP contribution in [0.5, 0.6) is 0 Å². The van der Waals surface area contributed by atoms with Gasteiger partial charge in [0.2, 0.25) is 0 Å². The van der Waals surface area contributed by atoms with Gasteiger partial charge in [0.05, 0.1) is 30.9 Å². The van der Waals surface area contributed by atoms with E-state index in [4.69, 9.17) is 4.74 Å². The van der Waals surface area contributed by atoms with Crippen molar-refractivity contribution >= 4 is 17.6 Å². The highest BCUT2D eigenvalue weighted by atomic mass is 19.1. The standard InChI is InChI=1S/C32H33FN2O4/c1-21(2)30-29(32(38)34-25-12-8-5-9-13-25)28(22-10-6-4-7-11-22)31(23-14-16-24(33)17-15-23)35(30)19-18-26(36)20-27(37)39-3/h4-17,21,26,36H,18-20H2,1-3H3,(H,34,38). The Morgan fingerprint density at radius 3 is 2.13 bits per heavy atom. The van der Waals surface area contributed by atoms with E-state index in [0.717, 1.165) is 28.1 Å². The van der Waals surface area contributed by atoms with Crippen LogP contribution in [0, 0.1) is 5.82 Å². The van der Waals surface area contributed by atoms with Gasteiger partial charge in [0.1, 0.15) is 5.82 Å². The first-order chi connectivity index (χ1) is 18.8. The number of rotatable bonds is 10. The van der Waals surface area contributed by atoms with Gasteiger partial charge in [0.25, 0.3) is 5.91 Å². The second kappa shape index (κ2) is 12.5. The Hall–Kier alpha value is -4.23. The van der Waals surface area contributed by atoms with Crippen LogP contribution < -0.4 is 5.32 Å². The zero-order valence-corrected chi connectivity index (χ0v) is 22.4. The predicted octanol–water partition coefficient (Wildman–Crippen LogP) is 6.65. The molecule has 6 nitrogen and oxygen atoms in total. The summed E-state index contributed by atoms with van der Waals surface area (Å²) in [6.45, 7) is 4.36. The molecule has 1 amide bonds. The topological polar surface area (TPSA) is 80.6 Å². The van der Waals surface area contributed by atoms with E-state index in [1.807, 2.05) is 79.1 Å². The molecule has 0 aliphatic heterocycles. The smallest absolute Gasteiger partial charge is 0.308 e. The normalized spacial score (nSPS) is 11.8. The van der Waals surface area contributed by atoms with Gasteiger partial charge in [-0.05, 0) is 59.9 Å². The Labute approximate surface area is 228 Å². The molecule has 0 saturated carbocycles. The number of aromatic nitrogens is 1. The fourth-order valence-corrected chi connectivity index (χ4v) is 4.86. The van der Waals surface area contributed by atoms with Crippen LogP contribution in [0.15, 0.2) is 84.9 Å². The minimum atomic E-state index is -0.928. The summed E-state index contributed by atoms with van der Waals surface area (Å²) in [4.78, 5) is 25.8. The number of halogens is 1. The number of nitrogens with zero attached hydrogens (tertiary/aromatic N) is 1. The van der Waals surface area contributed by atoms with Crippen LogP contribution in [0.3, 0.4) is 0 Å². The monoisotopic (exact) mass is 528 g/mol. The number of hydrogen-bond donors (Lipinski definition) is 2. The largest absolute Gasteiger partial charge is 0.469 e. The van der Waals surface area contributed by atoms with Crippen molar-refractivity contribution in [2.24, 2.45) is 0 Å². The Balaban J connectivity index is 1.95. The average molecular weight is 529 g/mol. The molecule has 1 atom stereocenters. The van der Waals surface area contributed by atoms with Crippen molar-refractivity contribution in [2.45, 2.75) is 45.3 Å². The van der Waals surface area contributed by atoms with Gasteiger partial charge in [-0.2, -0.15) is 0 Å². The van der Waals surface area contributed by atoms with Crippen molar-refractivity contribution in [2.75, 3.05) is 12.4 Å². The number of esters is 1. The molecule has 7 heteroatoms. The number of methoxy groups -OCH3 is 1. The molecule has 0 bridgehead atoms.